The molecule has 1 rings (SSSR count). The van der Waals surface area contributed by atoms with Crippen molar-refractivity contribution in [1.82, 2.24) is 0 Å². The highest BCUT2D eigenvalue weighted by Crippen LogP contribution is 2.30. The Balaban J connectivity index is 3.22. The summed E-state index contributed by atoms with van der Waals surface area (Å²) >= 11 is 0. The Morgan fingerprint density at radius 1 is 1.38 bits per heavy atom. The van der Waals surface area contributed by atoms with E-state index in [2.05, 4.69) is 0 Å². The Kier molecular flexibility index (Phi) is 3.57. The van der Waals surface area contributed by atoms with Gasteiger partial charge in [0.05, 0.1) is 11.1 Å². The molecule has 2 nitrogen and oxygen atoms in total. The molecular weight excluding hydrogens is 221 g/mol. The van der Waals surface area contributed by atoms with Crippen LogP contribution in [0.25, 0.3) is 0 Å². The molecular formula is C11H11F3O2. The number of hydrogen-bond donors (Lipinski definition) is 1. The lowest BCUT2D eigenvalue weighted by Gasteiger charge is -2.10. The van der Waals surface area contributed by atoms with Crippen LogP contribution in [0.15, 0.2) is 18.2 Å². The van der Waals surface area contributed by atoms with Gasteiger partial charge in [-0.2, -0.15) is 13.2 Å². The van der Waals surface area contributed by atoms with Gasteiger partial charge in [0.25, 0.3) is 0 Å². The van der Waals surface area contributed by atoms with Crippen LogP contribution in [0.3, 0.4) is 0 Å². The molecule has 0 fully saturated rings. The van der Waals surface area contributed by atoms with Crippen LogP contribution in [-0.2, 0) is 12.6 Å². The maximum Gasteiger partial charge on any atom is 0.416 e. The van der Waals surface area contributed by atoms with Crippen LogP contribution in [0.4, 0.5) is 13.2 Å². The molecule has 0 aliphatic heterocycles. The van der Waals surface area contributed by atoms with Gasteiger partial charge in [-0.15, -0.1) is 0 Å². The second-order valence-electron chi connectivity index (χ2n) is 3.42. The largest absolute Gasteiger partial charge is 0.478 e. The van der Waals surface area contributed by atoms with Gasteiger partial charge in [-0.25, -0.2) is 4.79 Å². The fourth-order valence-corrected chi connectivity index (χ4v) is 1.45. The number of alkyl halides is 3. The van der Waals surface area contributed by atoms with Gasteiger partial charge in [0.15, 0.2) is 0 Å². The summed E-state index contributed by atoms with van der Waals surface area (Å²) in [4.78, 5) is 10.8. The minimum atomic E-state index is -4.43. The molecule has 0 spiro atoms. The molecule has 5 heteroatoms. The van der Waals surface area contributed by atoms with Crippen molar-refractivity contribution in [3.8, 4) is 0 Å². The van der Waals surface area contributed by atoms with E-state index < -0.39 is 17.7 Å². The van der Waals surface area contributed by atoms with Gasteiger partial charge in [0, 0.05) is 0 Å². The molecule has 16 heavy (non-hydrogen) atoms. The van der Waals surface area contributed by atoms with Gasteiger partial charge in [-0.3, -0.25) is 0 Å². The Bertz CT molecular complexity index is 397. The summed E-state index contributed by atoms with van der Waals surface area (Å²) < 4.78 is 37.2. The molecule has 0 saturated heterocycles. The smallest absolute Gasteiger partial charge is 0.416 e. The van der Waals surface area contributed by atoms with Crippen LogP contribution in [0.2, 0.25) is 0 Å². The summed E-state index contributed by atoms with van der Waals surface area (Å²) in [6.45, 7) is 1.78. The molecule has 88 valence electrons. The van der Waals surface area contributed by atoms with E-state index in [-0.39, 0.29) is 11.1 Å². The van der Waals surface area contributed by atoms with Crippen molar-refractivity contribution in [2.75, 3.05) is 0 Å². The van der Waals surface area contributed by atoms with Gasteiger partial charge >= 0.3 is 12.1 Å². The fraction of sp³-hybridized carbons (Fsp3) is 0.364. The van der Waals surface area contributed by atoms with Gasteiger partial charge in [0.1, 0.15) is 0 Å². The van der Waals surface area contributed by atoms with Crippen molar-refractivity contribution >= 4 is 5.97 Å². The minimum Gasteiger partial charge on any atom is -0.478 e. The fourth-order valence-electron chi connectivity index (χ4n) is 1.45. The Hall–Kier alpha value is -1.52. The lowest BCUT2D eigenvalue weighted by atomic mass is 10.00. The van der Waals surface area contributed by atoms with Crippen LogP contribution < -0.4 is 0 Å². The van der Waals surface area contributed by atoms with Gasteiger partial charge < -0.3 is 5.11 Å². The highest BCUT2D eigenvalue weighted by atomic mass is 19.4. The third-order valence-electron chi connectivity index (χ3n) is 2.18. The molecule has 0 heterocycles. The van der Waals surface area contributed by atoms with E-state index >= 15 is 0 Å². The van der Waals surface area contributed by atoms with Crippen molar-refractivity contribution in [2.24, 2.45) is 0 Å². The first-order valence-corrected chi connectivity index (χ1v) is 4.79. The predicted octanol–water partition coefficient (Wildman–Crippen LogP) is 3.36. The van der Waals surface area contributed by atoms with E-state index in [9.17, 15) is 18.0 Å². The number of aromatic carboxylic acids is 1. The molecule has 0 aliphatic rings. The third-order valence-corrected chi connectivity index (χ3v) is 2.18. The molecule has 0 saturated carbocycles. The lowest BCUT2D eigenvalue weighted by Crippen LogP contribution is -2.09. The maximum atomic E-state index is 12.4. The van der Waals surface area contributed by atoms with Gasteiger partial charge in [0.2, 0.25) is 0 Å². The molecule has 1 N–H and O–H groups in total. The van der Waals surface area contributed by atoms with Gasteiger partial charge in [-0.1, -0.05) is 13.3 Å². The summed E-state index contributed by atoms with van der Waals surface area (Å²) in [5.41, 5.74) is -0.638. The quantitative estimate of drug-likeness (QED) is 0.867. The second kappa shape index (κ2) is 4.55. The number of carboxylic acids is 1. The SMILES string of the molecule is CCCc1cc(C(F)(F)F)ccc1C(=O)O. The number of hydrogen-bond acceptors (Lipinski definition) is 1. The molecule has 0 amide bonds. The first-order chi connectivity index (χ1) is 7.36. The van der Waals surface area contributed by atoms with Crippen molar-refractivity contribution in [1.29, 1.82) is 0 Å². The standard InChI is InChI=1S/C11H11F3O2/c1-2-3-7-6-8(11(12,13)14)4-5-9(7)10(15)16/h4-6H,2-3H2,1H3,(H,15,16). The first kappa shape index (κ1) is 12.5. The summed E-state index contributed by atoms with van der Waals surface area (Å²) in [7, 11) is 0. The number of carboxylic acid groups (broad SMARTS) is 1. The number of rotatable bonds is 3. The molecule has 0 aliphatic carbocycles. The van der Waals surface area contributed by atoms with E-state index in [1.807, 2.05) is 0 Å². The lowest BCUT2D eigenvalue weighted by molar-refractivity contribution is -0.137. The molecule has 0 radical (unpaired) electrons. The molecule has 1 aromatic carbocycles. The van der Waals surface area contributed by atoms with Crippen LogP contribution in [-0.4, -0.2) is 11.1 Å². The van der Waals surface area contributed by atoms with Crippen LogP contribution in [0, 0.1) is 0 Å². The molecule has 0 unspecified atom stereocenters. The van der Waals surface area contributed by atoms with Crippen molar-refractivity contribution in [3.63, 3.8) is 0 Å². The molecule has 0 atom stereocenters. The summed E-state index contributed by atoms with van der Waals surface area (Å²) in [5, 5.41) is 8.80. The second-order valence-corrected chi connectivity index (χ2v) is 3.42. The van der Waals surface area contributed by atoms with E-state index in [1.165, 1.54) is 0 Å². The Morgan fingerprint density at radius 2 is 2.00 bits per heavy atom. The highest BCUT2D eigenvalue weighted by molar-refractivity contribution is 5.89. The van der Waals surface area contributed by atoms with E-state index in [0.29, 0.717) is 12.8 Å². The molecule has 0 aromatic heterocycles. The first-order valence-electron chi connectivity index (χ1n) is 4.79. The number of carbonyl (C=O) groups is 1. The van der Waals surface area contributed by atoms with Crippen LogP contribution in [0.5, 0.6) is 0 Å². The topological polar surface area (TPSA) is 37.3 Å². The Morgan fingerprint density at radius 3 is 2.44 bits per heavy atom. The monoisotopic (exact) mass is 232 g/mol. The maximum absolute atomic E-state index is 12.4. The molecule has 1 aromatic rings. The Labute approximate surface area is 90.7 Å². The average Bonchev–Trinajstić information content (AvgIpc) is 2.16. The zero-order valence-corrected chi connectivity index (χ0v) is 8.64. The summed E-state index contributed by atoms with van der Waals surface area (Å²) in [5.74, 6) is -1.20. The average molecular weight is 232 g/mol. The van der Waals surface area contributed by atoms with E-state index in [1.54, 1.807) is 6.92 Å². The number of halogens is 3. The third kappa shape index (κ3) is 2.74. The van der Waals surface area contributed by atoms with Crippen molar-refractivity contribution in [3.05, 3.63) is 34.9 Å². The van der Waals surface area contributed by atoms with Gasteiger partial charge in [-0.05, 0) is 30.2 Å². The van der Waals surface area contributed by atoms with Crippen molar-refractivity contribution in [2.45, 2.75) is 25.9 Å². The zero-order chi connectivity index (χ0) is 12.3. The number of aryl methyl sites for hydroxylation is 1. The normalized spacial score (nSPS) is 11.5. The zero-order valence-electron chi connectivity index (χ0n) is 8.64. The molecule has 0 bridgehead atoms. The number of benzene rings is 1. The summed E-state index contributed by atoms with van der Waals surface area (Å²) in [6, 6.07) is 2.71. The van der Waals surface area contributed by atoms with E-state index in [4.69, 9.17) is 5.11 Å². The van der Waals surface area contributed by atoms with Crippen LogP contribution in [0.1, 0.15) is 34.8 Å². The predicted molar refractivity (Wildman–Crippen MR) is 52.4 cm³/mol. The van der Waals surface area contributed by atoms with Crippen molar-refractivity contribution < 1.29 is 23.1 Å². The van der Waals surface area contributed by atoms with Crippen LogP contribution >= 0.6 is 0 Å². The summed E-state index contributed by atoms with van der Waals surface area (Å²) in [6.07, 6.45) is -3.51. The van der Waals surface area contributed by atoms with E-state index in [0.717, 1.165) is 18.2 Å². The minimum absolute atomic E-state index is 0.0603. The highest BCUT2D eigenvalue weighted by Gasteiger charge is 2.31.